The SMILES string of the molecule is CCC1CCN(Cc2cc(C)c(CNC(C)C)o2)C1. The van der Waals surface area contributed by atoms with Crippen LogP contribution in [-0.4, -0.2) is 24.0 Å². The van der Waals surface area contributed by atoms with Crippen LogP contribution in [0.2, 0.25) is 0 Å². The molecular weight excluding hydrogens is 236 g/mol. The molecule has 1 aliphatic heterocycles. The molecule has 2 heterocycles. The number of nitrogens with zero attached hydrogens (tertiary/aromatic N) is 1. The molecule has 0 radical (unpaired) electrons. The molecule has 0 aliphatic carbocycles. The molecule has 1 aliphatic rings. The highest BCUT2D eigenvalue weighted by molar-refractivity contribution is 5.20. The summed E-state index contributed by atoms with van der Waals surface area (Å²) in [5, 5.41) is 3.42. The van der Waals surface area contributed by atoms with E-state index in [4.69, 9.17) is 4.42 Å². The molecule has 0 aromatic carbocycles. The van der Waals surface area contributed by atoms with Gasteiger partial charge in [0.25, 0.3) is 0 Å². The zero-order chi connectivity index (χ0) is 13.8. The van der Waals surface area contributed by atoms with Crippen molar-refractivity contribution in [3.8, 4) is 0 Å². The lowest BCUT2D eigenvalue weighted by atomic mass is 10.1. The van der Waals surface area contributed by atoms with Gasteiger partial charge in [0.2, 0.25) is 0 Å². The van der Waals surface area contributed by atoms with Gasteiger partial charge in [-0.25, -0.2) is 0 Å². The average molecular weight is 264 g/mol. The summed E-state index contributed by atoms with van der Waals surface area (Å²) in [6.45, 7) is 13.0. The Balaban J connectivity index is 1.89. The molecule has 1 N–H and O–H groups in total. The lowest BCUT2D eigenvalue weighted by molar-refractivity contribution is 0.280. The average Bonchev–Trinajstić information content (AvgIpc) is 2.94. The highest BCUT2D eigenvalue weighted by Gasteiger charge is 2.22. The minimum absolute atomic E-state index is 0.497. The van der Waals surface area contributed by atoms with Crippen LogP contribution < -0.4 is 5.32 Å². The summed E-state index contributed by atoms with van der Waals surface area (Å²) in [4.78, 5) is 2.52. The van der Waals surface area contributed by atoms with E-state index in [1.54, 1.807) is 0 Å². The van der Waals surface area contributed by atoms with Gasteiger partial charge >= 0.3 is 0 Å². The molecule has 1 aromatic rings. The fourth-order valence-corrected chi connectivity index (χ4v) is 2.75. The van der Waals surface area contributed by atoms with E-state index in [2.05, 4.69) is 44.0 Å². The van der Waals surface area contributed by atoms with Crippen molar-refractivity contribution in [3.05, 3.63) is 23.2 Å². The van der Waals surface area contributed by atoms with Crippen LogP contribution in [0.15, 0.2) is 10.5 Å². The zero-order valence-electron chi connectivity index (χ0n) is 12.8. The van der Waals surface area contributed by atoms with Crippen LogP contribution in [-0.2, 0) is 13.1 Å². The van der Waals surface area contributed by atoms with Gasteiger partial charge in [-0.15, -0.1) is 0 Å². The maximum absolute atomic E-state index is 5.99. The maximum Gasteiger partial charge on any atom is 0.120 e. The number of likely N-dealkylation sites (tertiary alicyclic amines) is 1. The molecule has 1 unspecified atom stereocenters. The molecule has 19 heavy (non-hydrogen) atoms. The van der Waals surface area contributed by atoms with E-state index in [9.17, 15) is 0 Å². The van der Waals surface area contributed by atoms with Crippen LogP contribution in [0.25, 0.3) is 0 Å². The van der Waals surface area contributed by atoms with Gasteiger partial charge in [0.15, 0.2) is 0 Å². The smallest absolute Gasteiger partial charge is 0.120 e. The molecule has 2 rings (SSSR count). The van der Waals surface area contributed by atoms with Gasteiger partial charge in [-0.05, 0) is 37.4 Å². The van der Waals surface area contributed by atoms with Crippen molar-refractivity contribution in [3.63, 3.8) is 0 Å². The largest absolute Gasteiger partial charge is 0.463 e. The predicted molar refractivity (Wildman–Crippen MR) is 79.1 cm³/mol. The molecule has 1 aromatic heterocycles. The molecule has 1 atom stereocenters. The van der Waals surface area contributed by atoms with Crippen molar-refractivity contribution in [2.75, 3.05) is 13.1 Å². The highest BCUT2D eigenvalue weighted by Crippen LogP contribution is 2.23. The fourth-order valence-electron chi connectivity index (χ4n) is 2.75. The van der Waals surface area contributed by atoms with E-state index in [0.29, 0.717) is 6.04 Å². The molecule has 108 valence electrons. The lowest BCUT2D eigenvalue weighted by Crippen LogP contribution is -2.22. The lowest BCUT2D eigenvalue weighted by Gasteiger charge is -2.13. The standard InChI is InChI=1S/C16H28N2O/c1-5-14-6-7-18(10-14)11-15-8-13(4)16(19-15)9-17-12(2)3/h8,12,14,17H,5-7,9-11H2,1-4H3. The third-order valence-electron chi connectivity index (χ3n) is 4.07. The van der Waals surface area contributed by atoms with E-state index >= 15 is 0 Å². The molecular formula is C16H28N2O. The first-order valence-electron chi connectivity index (χ1n) is 7.62. The van der Waals surface area contributed by atoms with Gasteiger partial charge in [0.1, 0.15) is 11.5 Å². The minimum atomic E-state index is 0.497. The zero-order valence-corrected chi connectivity index (χ0v) is 12.8. The van der Waals surface area contributed by atoms with Crippen LogP contribution in [0.5, 0.6) is 0 Å². The van der Waals surface area contributed by atoms with Gasteiger partial charge in [0, 0.05) is 12.6 Å². The molecule has 0 spiro atoms. The topological polar surface area (TPSA) is 28.4 Å². The van der Waals surface area contributed by atoms with Crippen LogP contribution in [0.1, 0.15) is 50.7 Å². The summed E-state index contributed by atoms with van der Waals surface area (Å²) >= 11 is 0. The van der Waals surface area contributed by atoms with Crippen LogP contribution in [0, 0.1) is 12.8 Å². The predicted octanol–water partition coefficient (Wildman–Crippen LogP) is 3.32. The highest BCUT2D eigenvalue weighted by atomic mass is 16.3. The third-order valence-corrected chi connectivity index (χ3v) is 4.07. The number of hydrogen-bond donors (Lipinski definition) is 1. The normalized spacial score (nSPS) is 20.6. The fraction of sp³-hybridized carbons (Fsp3) is 0.750. The summed E-state index contributed by atoms with van der Waals surface area (Å²) < 4.78 is 5.99. The number of hydrogen-bond acceptors (Lipinski definition) is 3. The van der Waals surface area contributed by atoms with E-state index in [1.165, 1.54) is 31.5 Å². The molecule has 1 fully saturated rings. The van der Waals surface area contributed by atoms with Crippen LogP contribution in [0.4, 0.5) is 0 Å². The monoisotopic (exact) mass is 264 g/mol. The second-order valence-corrected chi connectivity index (χ2v) is 6.15. The summed E-state index contributed by atoms with van der Waals surface area (Å²) in [5.41, 5.74) is 1.27. The van der Waals surface area contributed by atoms with Gasteiger partial charge in [-0.1, -0.05) is 27.2 Å². The van der Waals surface area contributed by atoms with E-state index in [0.717, 1.165) is 30.5 Å². The van der Waals surface area contributed by atoms with Gasteiger partial charge < -0.3 is 9.73 Å². The Morgan fingerprint density at radius 3 is 2.89 bits per heavy atom. The van der Waals surface area contributed by atoms with Crippen molar-refractivity contribution in [1.82, 2.24) is 10.2 Å². The maximum atomic E-state index is 5.99. The summed E-state index contributed by atoms with van der Waals surface area (Å²) in [5.74, 6) is 3.10. The number of rotatable bonds is 6. The Morgan fingerprint density at radius 2 is 2.26 bits per heavy atom. The molecule has 0 saturated carbocycles. The molecule has 3 heteroatoms. The van der Waals surface area contributed by atoms with Gasteiger partial charge in [-0.2, -0.15) is 0 Å². The van der Waals surface area contributed by atoms with Crippen molar-refractivity contribution < 1.29 is 4.42 Å². The van der Waals surface area contributed by atoms with Gasteiger partial charge in [0.05, 0.1) is 13.1 Å². The first-order valence-corrected chi connectivity index (χ1v) is 7.62. The second kappa shape index (κ2) is 6.58. The summed E-state index contributed by atoms with van der Waals surface area (Å²) in [6.07, 6.45) is 2.65. The van der Waals surface area contributed by atoms with E-state index in [1.807, 2.05) is 0 Å². The molecule has 3 nitrogen and oxygen atoms in total. The van der Waals surface area contributed by atoms with Crippen molar-refractivity contribution >= 4 is 0 Å². The number of aryl methyl sites for hydroxylation is 1. The first kappa shape index (κ1) is 14.6. The molecule has 0 bridgehead atoms. The van der Waals surface area contributed by atoms with Crippen molar-refractivity contribution in [2.45, 2.75) is 59.7 Å². The van der Waals surface area contributed by atoms with Crippen LogP contribution >= 0.6 is 0 Å². The third kappa shape index (κ3) is 4.08. The van der Waals surface area contributed by atoms with Gasteiger partial charge in [-0.3, -0.25) is 4.90 Å². The van der Waals surface area contributed by atoms with Crippen LogP contribution in [0.3, 0.4) is 0 Å². The second-order valence-electron chi connectivity index (χ2n) is 6.15. The summed E-state index contributed by atoms with van der Waals surface area (Å²) in [7, 11) is 0. The Kier molecular flexibility index (Phi) is 5.06. The first-order chi connectivity index (χ1) is 9.08. The number of furan rings is 1. The Morgan fingerprint density at radius 1 is 1.47 bits per heavy atom. The quantitative estimate of drug-likeness (QED) is 0.854. The van der Waals surface area contributed by atoms with Crippen molar-refractivity contribution in [2.24, 2.45) is 5.92 Å². The number of nitrogens with one attached hydrogen (secondary N) is 1. The Hall–Kier alpha value is -0.800. The molecule has 0 amide bonds. The Labute approximate surface area is 117 Å². The molecule has 1 saturated heterocycles. The van der Waals surface area contributed by atoms with Crippen molar-refractivity contribution in [1.29, 1.82) is 0 Å². The summed E-state index contributed by atoms with van der Waals surface area (Å²) in [6, 6.07) is 2.70. The van der Waals surface area contributed by atoms with E-state index in [-0.39, 0.29) is 0 Å². The Bertz CT molecular complexity index is 397. The minimum Gasteiger partial charge on any atom is -0.463 e. The van der Waals surface area contributed by atoms with E-state index < -0.39 is 0 Å².